The predicted molar refractivity (Wildman–Crippen MR) is 80.1 cm³/mol. The van der Waals surface area contributed by atoms with Crippen LogP contribution in [0.4, 0.5) is 14.5 Å². The Bertz CT molecular complexity index is 881. The van der Waals surface area contributed by atoms with E-state index >= 15 is 0 Å². The molecule has 0 bridgehead atoms. The van der Waals surface area contributed by atoms with E-state index in [4.69, 9.17) is 5.11 Å². The van der Waals surface area contributed by atoms with Crippen molar-refractivity contribution in [1.82, 2.24) is 0 Å². The number of anilines is 1. The van der Waals surface area contributed by atoms with E-state index < -0.39 is 32.5 Å². The summed E-state index contributed by atoms with van der Waals surface area (Å²) >= 11 is 0. The second kappa shape index (κ2) is 5.96. The van der Waals surface area contributed by atoms with Gasteiger partial charge in [0.05, 0.1) is 11.3 Å². The molecule has 0 atom stereocenters. The number of carboxylic acids is 1. The number of aryl methyl sites for hydroxylation is 1. The Morgan fingerprint density at radius 1 is 1.13 bits per heavy atom. The average Bonchev–Trinajstić information content (AvgIpc) is 2.49. The van der Waals surface area contributed by atoms with Crippen LogP contribution in [0.2, 0.25) is 0 Å². The summed E-state index contributed by atoms with van der Waals surface area (Å²) < 4.78 is 53.0. The first-order valence-corrected chi connectivity index (χ1v) is 7.87. The van der Waals surface area contributed by atoms with Gasteiger partial charge in [-0.2, -0.15) is 0 Å². The molecule has 0 aliphatic carbocycles. The Labute approximate surface area is 131 Å². The monoisotopic (exact) mass is 341 g/mol. The zero-order valence-corrected chi connectivity index (χ0v) is 13.1. The maximum atomic E-state index is 13.9. The molecule has 0 saturated heterocycles. The van der Waals surface area contributed by atoms with Crippen LogP contribution >= 0.6 is 0 Å². The van der Waals surface area contributed by atoms with E-state index in [2.05, 4.69) is 0 Å². The van der Waals surface area contributed by atoms with Crippen molar-refractivity contribution in [3.63, 3.8) is 0 Å². The third kappa shape index (κ3) is 3.02. The van der Waals surface area contributed by atoms with Crippen LogP contribution in [-0.4, -0.2) is 26.5 Å². The van der Waals surface area contributed by atoms with E-state index in [1.165, 1.54) is 31.2 Å². The summed E-state index contributed by atoms with van der Waals surface area (Å²) in [6.07, 6.45) is 0. The van der Waals surface area contributed by atoms with Gasteiger partial charge in [0.2, 0.25) is 0 Å². The van der Waals surface area contributed by atoms with E-state index in [9.17, 15) is 22.0 Å². The Morgan fingerprint density at radius 2 is 1.74 bits per heavy atom. The highest BCUT2D eigenvalue weighted by molar-refractivity contribution is 7.92. The van der Waals surface area contributed by atoms with Gasteiger partial charge in [0.25, 0.3) is 10.0 Å². The molecule has 0 radical (unpaired) electrons. The van der Waals surface area contributed by atoms with Crippen LogP contribution in [0.25, 0.3) is 0 Å². The minimum absolute atomic E-state index is 0.0371. The van der Waals surface area contributed by atoms with Crippen LogP contribution in [0.15, 0.2) is 41.3 Å². The number of nitrogens with zero attached hydrogens (tertiary/aromatic N) is 1. The summed E-state index contributed by atoms with van der Waals surface area (Å²) in [5, 5.41) is 9.14. The normalized spacial score (nSPS) is 11.3. The van der Waals surface area contributed by atoms with Crippen LogP contribution < -0.4 is 4.31 Å². The number of hydrogen-bond donors (Lipinski definition) is 1. The molecule has 0 fully saturated rings. The molecule has 2 aromatic carbocycles. The molecule has 0 amide bonds. The van der Waals surface area contributed by atoms with Crippen LogP contribution in [0, 0.1) is 18.6 Å². The molecule has 0 unspecified atom stereocenters. The van der Waals surface area contributed by atoms with Crippen LogP contribution in [0.3, 0.4) is 0 Å². The smallest absolute Gasteiger partial charge is 0.337 e. The molecule has 2 rings (SSSR count). The van der Waals surface area contributed by atoms with Crippen molar-refractivity contribution in [2.24, 2.45) is 0 Å². The van der Waals surface area contributed by atoms with E-state index in [1.807, 2.05) is 0 Å². The fourth-order valence-corrected chi connectivity index (χ4v) is 3.38. The van der Waals surface area contributed by atoms with Gasteiger partial charge < -0.3 is 5.11 Å². The van der Waals surface area contributed by atoms with E-state index in [-0.39, 0.29) is 16.8 Å². The molecular weight excluding hydrogens is 328 g/mol. The standard InChI is InChI=1S/C15H13F2NO4S/c1-9-7-14(12(17)8-11(9)16)23(21,22)18(2)13-6-4-3-5-10(13)15(19)20/h3-8H,1-2H3,(H,19,20). The number of para-hydroxylation sites is 1. The zero-order chi connectivity index (χ0) is 17.4. The van der Waals surface area contributed by atoms with Crippen molar-refractivity contribution in [2.45, 2.75) is 11.8 Å². The van der Waals surface area contributed by atoms with E-state index in [0.717, 1.165) is 13.1 Å². The molecule has 0 saturated carbocycles. The molecule has 0 aliphatic heterocycles. The van der Waals surface area contributed by atoms with E-state index in [0.29, 0.717) is 10.4 Å². The Hall–Kier alpha value is -2.48. The molecule has 5 nitrogen and oxygen atoms in total. The van der Waals surface area contributed by atoms with Gasteiger partial charge in [-0.25, -0.2) is 22.0 Å². The van der Waals surface area contributed by atoms with Gasteiger partial charge in [-0.1, -0.05) is 12.1 Å². The fraction of sp³-hybridized carbons (Fsp3) is 0.133. The number of sulfonamides is 1. The number of benzene rings is 2. The molecule has 23 heavy (non-hydrogen) atoms. The first kappa shape index (κ1) is 16.9. The Morgan fingerprint density at radius 3 is 2.35 bits per heavy atom. The lowest BCUT2D eigenvalue weighted by molar-refractivity contribution is 0.0698. The molecular formula is C15H13F2NO4S. The highest BCUT2D eigenvalue weighted by Crippen LogP contribution is 2.28. The number of halogens is 2. The Balaban J connectivity index is 2.61. The topological polar surface area (TPSA) is 74.7 Å². The number of aromatic carboxylic acids is 1. The predicted octanol–water partition coefficient (Wildman–Crippen LogP) is 2.80. The van der Waals surface area contributed by atoms with Gasteiger partial charge >= 0.3 is 5.97 Å². The third-order valence-corrected chi connectivity index (χ3v) is 5.11. The van der Waals surface area contributed by atoms with Crippen LogP contribution in [-0.2, 0) is 10.0 Å². The first-order chi connectivity index (χ1) is 10.7. The minimum atomic E-state index is -4.39. The van der Waals surface area contributed by atoms with Crippen molar-refractivity contribution >= 4 is 21.7 Å². The summed E-state index contributed by atoms with van der Waals surface area (Å²) in [4.78, 5) is 10.5. The van der Waals surface area contributed by atoms with Crippen molar-refractivity contribution in [1.29, 1.82) is 0 Å². The molecule has 0 aromatic heterocycles. The number of rotatable bonds is 4. The number of hydrogen-bond acceptors (Lipinski definition) is 3. The minimum Gasteiger partial charge on any atom is -0.478 e. The lowest BCUT2D eigenvalue weighted by Gasteiger charge is -2.21. The maximum absolute atomic E-state index is 13.9. The van der Waals surface area contributed by atoms with Crippen molar-refractivity contribution in [2.75, 3.05) is 11.4 Å². The molecule has 122 valence electrons. The quantitative estimate of drug-likeness (QED) is 0.928. The van der Waals surface area contributed by atoms with Crippen LogP contribution in [0.5, 0.6) is 0 Å². The molecule has 0 spiro atoms. The van der Waals surface area contributed by atoms with Crippen molar-refractivity contribution in [3.8, 4) is 0 Å². The summed E-state index contributed by atoms with van der Waals surface area (Å²) in [5.74, 6) is -3.43. The zero-order valence-electron chi connectivity index (χ0n) is 12.2. The summed E-state index contributed by atoms with van der Waals surface area (Å²) in [6, 6.07) is 6.78. The van der Waals surface area contributed by atoms with Gasteiger partial charge in [-0.3, -0.25) is 4.31 Å². The lowest BCUT2D eigenvalue weighted by atomic mass is 10.2. The van der Waals surface area contributed by atoms with E-state index in [1.54, 1.807) is 0 Å². The summed E-state index contributed by atoms with van der Waals surface area (Å²) in [7, 11) is -3.28. The first-order valence-electron chi connectivity index (χ1n) is 6.43. The Kier molecular flexibility index (Phi) is 4.37. The largest absolute Gasteiger partial charge is 0.478 e. The maximum Gasteiger partial charge on any atom is 0.337 e. The highest BCUT2D eigenvalue weighted by Gasteiger charge is 2.28. The van der Waals surface area contributed by atoms with Gasteiger partial charge in [-0.15, -0.1) is 0 Å². The number of carbonyl (C=O) groups is 1. The summed E-state index contributed by atoms with van der Waals surface area (Å²) in [6.45, 7) is 1.30. The molecule has 0 heterocycles. The highest BCUT2D eigenvalue weighted by atomic mass is 32.2. The molecule has 2 aromatic rings. The summed E-state index contributed by atoms with van der Waals surface area (Å²) in [5.41, 5.74) is -0.413. The van der Waals surface area contributed by atoms with Gasteiger partial charge in [-0.05, 0) is 30.7 Å². The molecule has 0 aliphatic rings. The fourth-order valence-electron chi connectivity index (χ4n) is 2.03. The van der Waals surface area contributed by atoms with Crippen molar-refractivity contribution in [3.05, 3.63) is 59.2 Å². The lowest BCUT2D eigenvalue weighted by Crippen LogP contribution is -2.29. The molecule has 8 heteroatoms. The third-order valence-electron chi connectivity index (χ3n) is 3.33. The number of carboxylic acid groups (broad SMARTS) is 1. The average molecular weight is 341 g/mol. The molecule has 1 N–H and O–H groups in total. The van der Waals surface area contributed by atoms with Gasteiger partial charge in [0.15, 0.2) is 0 Å². The second-order valence-corrected chi connectivity index (χ2v) is 6.76. The van der Waals surface area contributed by atoms with Gasteiger partial charge in [0, 0.05) is 13.1 Å². The van der Waals surface area contributed by atoms with Gasteiger partial charge in [0.1, 0.15) is 16.5 Å². The van der Waals surface area contributed by atoms with Crippen LogP contribution in [0.1, 0.15) is 15.9 Å². The van der Waals surface area contributed by atoms with Crippen molar-refractivity contribution < 1.29 is 27.1 Å². The SMILES string of the molecule is Cc1cc(S(=O)(=O)N(C)c2ccccc2C(=O)O)c(F)cc1F. The second-order valence-electron chi connectivity index (χ2n) is 4.83.